The third-order valence-corrected chi connectivity index (χ3v) is 3.56. The van der Waals surface area contributed by atoms with Crippen LogP contribution in [0.4, 0.5) is 17.2 Å². The van der Waals surface area contributed by atoms with Gasteiger partial charge < -0.3 is 5.32 Å². The van der Waals surface area contributed by atoms with Gasteiger partial charge in [0.05, 0.1) is 10.6 Å². The van der Waals surface area contributed by atoms with Crippen LogP contribution in [0.1, 0.15) is 0 Å². The largest absolute Gasteiger partial charge is 0.334 e. The maximum absolute atomic E-state index is 10.9. The van der Waals surface area contributed by atoms with Crippen molar-refractivity contribution in [3.63, 3.8) is 0 Å². The van der Waals surface area contributed by atoms with E-state index in [0.717, 1.165) is 3.57 Å². The molecule has 5 nitrogen and oxygen atoms in total. The molecule has 2 aromatic rings. The Kier molecular flexibility index (Phi) is 4.43. The lowest BCUT2D eigenvalue weighted by molar-refractivity contribution is -0.384. The second kappa shape index (κ2) is 5.89. The van der Waals surface area contributed by atoms with Crippen LogP contribution in [0.2, 0.25) is 10.2 Å². The van der Waals surface area contributed by atoms with Crippen molar-refractivity contribution >= 4 is 63.0 Å². The lowest BCUT2D eigenvalue weighted by Crippen LogP contribution is -2.01. The molecule has 1 aromatic carbocycles. The monoisotopic (exact) mass is 409 g/mol. The molecule has 0 radical (unpaired) electrons. The molecular formula is C11H6Cl2IN3O2. The third-order valence-electron chi connectivity index (χ3n) is 2.22. The van der Waals surface area contributed by atoms with E-state index in [4.69, 9.17) is 23.2 Å². The molecule has 0 aliphatic carbocycles. The van der Waals surface area contributed by atoms with Crippen LogP contribution >= 0.6 is 45.8 Å². The number of anilines is 2. The predicted molar refractivity (Wildman–Crippen MR) is 83.4 cm³/mol. The van der Waals surface area contributed by atoms with Gasteiger partial charge in [0, 0.05) is 14.7 Å². The number of rotatable bonds is 3. The minimum absolute atomic E-state index is 0.0951. The molecule has 0 fully saturated rings. The molecule has 0 unspecified atom stereocenters. The Bertz CT molecular complexity index is 652. The quantitative estimate of drug-likeness (QED) is 0.347. The van der Waals surface area contributed by atoms with E-state index < -0.39 is 4.92 Å². The van der Waals surface area contributed by atoms with Crippen molar-refractivity contribution in [3.05, 3.63) is 54.2 Å². The lowest BCUT2D eigenvalue weighted by atomic mass is 10.3. The highest BCUT2D eigenvalue weighted by molar-refractivity contribution is 14.1. The number of hydrogen-bond acceptors (Lipinski definition) is 4. The molecule has 0 aliphatic rings. The van der Waals surface area contributed by atoms with Gasteiger partial charge in [0.25, 0.3) is 0 Å². The van der Waals surface area contributed by atoms with Crippen molar-refractivity contribution in [3.8, 4) is 0 Å². The number of halogens is 3. The van der Waals surface area contributed by atoms with Crippen LogP contribution < -0.4 is 5.32 Å². The summed E-state index contributed by atoms with van der Waals surface area (Å²) in [4.78, 5) is 14.3. The van der Waals surface area contributed by atoms with Crippen LogP contribution in [-0.4, -0.2) is 9.91 Å². The minimum atomic E-state index is -0.519. The van der Waals surface area contributed by atoms with E-state index in [9.17, 15) is 10.1 Å². The van der Waals surface area contributed by atoms with Crippen LogP contribution in [0.5, 0.6) is 0 Å². The number of benzene rings is 1. The zero-order valence-corrected chi connectivity index (χ0v) is 12.9. The van der Waals surface area contributed by atoms with Crippen LogP contribution in [0, 0.1) is 13.7 Å². The Morgan fingerprint density at radius 3 is 2.63 bits per heavy atom. The van der Waals surface area contributed by atoms with Crippen molar-refractivity contribution < 1.29 is 4.92 Å². The summed E-state index contributed by atoms with van der Waals surface area (Å²) in [5.41, 5.74) is 0.526. The average Bonchev–Trinajstić information content (AvgIpc) is 2.32. The summed E-state index contributed by atoms with van der Waals surface area (Å²) < 4.78 is 0.821. The fraction of sp³-hybridized carbons (Fsp3) is 0. The first-order chi connectivity index (χ1) is 8.97. The van der Waals surface area contributed by atoms with E-state index in [-0.39, 0.29) is 16.7 Å². The molecule has 98 valence electrons. The van der Waals surface area contributed by atoms with Crippen molar-refractivity contribution in [2.45, 2.75) is 0 Å². The molecule has 1 N–H and O–H groups in total. The van der Waals surface area contributed by atoms with Crippen LogP contribution in [0.15, 0.2) is 30.3 Å². The molecule has 0 amide bonds. The normalized spacial score (nSPS) is 10.3. The van der Waals surface area contributed by atoms with Gasteiger partial charge in [-0.15, -0.1) is 0 Å². The SMILES string of the molecule is O=[N+]([O-])c1ccc(Cl)nc1Nc1ccc(Cl)cc1I. The van der Waals surface area contributed by atoms with Crippen LogP contribution in [-0.2, 0) is 0 Å². The maximum Gasteiger partial charge on any atom is 0.311 e. The third kappa shape index (κ3) is 3.46. The molecule has 0 saturated carbocycles. The first-order valence-electron chi connectivity index (χ1n) is 5.00. The fourth-order valence-corrected chi connectivity index (χ4v) is 2.54. The topological polar surface area (TPSA) is 68.1 Å². The van der Waals surface area contributed by atoms with Crippen molar-refractivity contribution in [1.82, 2.24) is 4.98 Å². The summed E-state index contributed by atoms with van der Waals surface area (Å²) in [5.74, 6) is 0.0951. The van der Waals surface area contributed by atoms with Crippen LogP contribution in [0.3, 0.4) is 0 Å². The van der Waals surface area contributed by atoms with E-state index in [1.54, 1.807) is 18.2 Å². The Morgan fingerprint density at radius 2 is 2.00 bits per heavy atom. The molecule has 19 heavy (non-hydrogen) atoms. The van der Waals surface area contributed by atoms with Crippen molar-refractivity contribution in [2.24, 2.45) is 0 Å². The highest BCUT2D eigenvalue weighted by Crippen LogP contribution is 2.30. The fourth-order valence-electron chi connectivity index (χ4n) is 1.39. The van der Waals surface area contributed by atoms with E-state index in [0.29, 0.717) is 10.7 Å². The zero-order valence-electron chi connectivity index (χ0n) is 9.23. The highest BCUT2D eigenvalue weighted by Gasteiger charge is 2.16. The molecular weight excluding hydrogens is 404 g/mol. The molecule has 0 spiro atoms. The summed E-state index contributed by atoms with van der Waals surface area (Å²) in [6.45, 7) is 0. The summed E-state index contributed by atoms with van der Waals surface area (Å²) >= 11 is 13.7. The molecule has 0 bridgehead atoms. The summed E-state index contributed by atoms with van der Waals surface area (Å²) in [6.07, 6.45) is 0. The average molecular weight is 410 g/mol. The molecule has 8 heteroatoms. The number of nitrogens with zero attached hydrogens (tertiary/aromatic N) is 2. The molecule has 0 aliphatic heterocycles. The second-order valence-corrected chi connectivity index (χ2v) is 5.49. The van der Waals surface area contributed by atoms with Crippen LogP contribution in [0.25, 0.3) is 0 Å². The van der Waals surface area contributed by atoms with Gasteiger partial charge in [0.15, 0.2) is 0 Å². The van der Waals surface area contributed by atoms with Crippen molar-refractivity contribution in [1.29, 1.82) is 0 Å². The smallest absolute Gasteiger partial charge is 0.311 e. The summed E-state index contributed by atoms with van der Waals surface area (Å²) in [6, 6.07) is 7.82. The van der Waals surface area contributed by atoms with Gasteiger partial charge in [-0.25, -0.2) is 4.98 Å². The Morgan fingerprint density at radius 1 is 1.26 bits per heavy atom. The first-order valence-corrected chi connectivity index (χ1v) is 6.84. The number of pyridine rings is 1. The van der Waals surface area contributed by atoms with E-state index in [2.05, 4.69) is 32.9 Å². The molecule has 1 heterocycles. The van der Waals surface area contributed by atoms with E-state index in [1.165, 1.54) is 12.1 Å². The number of nitro groups is 1. The van der Waals surface area contributed by atoms with Gasteiger partial charge in [-0.3, -0.25) is 10.1 Å². The summed E-state index contributed by atoms with van der Waals surface area (Å²) in [7, 11) is 0. The maximum atomic E-state index is 10.9. The van der Waals surface area contributed by atoms with E-state index >= 15 is 0 Å². The van der Waals surface area contributed by atoms with Gasteiger partial charge in [-0.1, -0.05) is 23.2 Å². The molecule has 0 atom stereocenters. The number of nitrogens with one attached hydrogen (secondary N) is 1. The lowest BCUT2D eigenvalue weighted by Gasteiger charge is -2.08. The predicted octanol–water partition coefficient (Wildman–Crippen LogP) is 4.64. The Labute approximate surface area is 132 Å². The van der Waals surface area contributed by atoms with Gasteiger partial charge >= 0.3 is 5.69 Å². The van der Waals surface area contributed by atoms with Gasteiger partial charge in [0.1, 0.15) is 5.15 Å². The number of hydrogen-bond donors (Lipinski definition) is 1. The summed E-state index contributed by atoms with van der Waals surface area (Å²) in [5, 5.41) is 14.6. The molecule has 0 saturated heterocycles. The zero-order chi connectivity index (χ0) is 14.0. The van der Waals surface area contributed by atoms with E-state index in [1.807, 2.05) is 0 Å². The molecule has 1 aromatic heterocycles. The molecule has 2 rings (SSSR count). The number of aromatic nitrogens is 1. The first kappa shape index (κ1) is 14.3. The van der Waals surface area contributed by atoms with Gasteiger partial charge in [-0.2, -0.15) is 0 Å². The minimum Gasteiger partial charge on any atom is -0.334 e. The van der Waals surface area contributed by atoms with Gasteiger partial charge in [-0.05, 0) is 46.9 Å². The van der Waals surface area contributed by atoms with Gasteiger partial charge in [0.2, 0.25) is 5.82 Å². The van der Waals surface area contributed by atoms with Crippen molar-refractivity contribution in [2.75, 3.05) is 5.32 Å². The second-order valence-electron chi connectivity index (χ2n) is 3.51. The Hall–Kier alpha value is -1.12. The Balaban J connectivity index is 2.42. The highest BCUT2D eigenvalue weighted by atomic mass is 127. The standard InChI is InChI=1S/C11H6Cl2IN3O2/c12-6-1-2-8(7(14)5-6)15-11-9(17(18)19)3-4-10(13)16-11/h1-5H,(H,15,16).